The third kappa shape index (κ3) is 5.53. The third-order valence-electron chi connectivity index (χ3n) is 4.80. The SMILES string of the molecule is CCOC(=O)CNC(=O)c1ncc(-c2cn(-c3ccc(F)cc3)nc2C)c(C)c1OCOC. The van der Waals surface area contributed by atoms with Crippen LogP contribution in [0.1, 0.15) is 28.7 Å². The van der Waals surface area contributed by atoms with Crippen LogP contribution in [0.5, 0.6) is 5.75 Å². The first-order valence-corrected chi connectivity index (χ1v) is 10.2. The molecule has 0 aliphatic rings. The Kier molecular flexibility index (Phi) is 7.73. The van der Waals surface area contributed by atoms with E-state index in [9.17, 15) is 14.0 Å². The lowest BCUT2D eigenvalue weighted by Gasteiger charge is -2.15. The summed E-state index contributed by atoms with van der Waals surface area (Å²) in [6.07, 6.45) is 3.35. The fourth-order valence-electron chi connectivity index (χ4n) is 3.21. The van der Waals surface area contributed by atoms with Crippen molar-refractivity contribution in [2.45, 2.75) is 20.8 Å². The van der Waals surface area contributed by atoms with E-state index >= 15 is 0 Å². The summed E-state index contributed by atoms with van der Waals surface area (Å²) in [6.45, 7) is 5.14. The normalized spacial score (nSPS) is 10.7. The van der Waals surface area contributed by atoms with E-state index in [1.807, 2.05) is 6.92 Å². The molecule has 1 N–H and O–H groups in total. The van der Waals surface area contributed by atoms with E-state index in [2.05, 4.69) is 15.4 Å². The van der Waals surface area contributed by atoms with Crippen LogP contribution in [0, 0.1) is 19.7 Å². The van der Waals surface area contributed by atoms with Gasteiger partial charge in [0.25, 0.3) is 5.91 Å². The fourth-order valence-corrected chi connectivity index (χ4v) is 3.21. The van der Waals surface area contributed by atoms with Gasteiger partial charge in [0.15, 0.2) is 18.2 Å². The second kappa shape index (κ2) is 10.7. The van der Waals surface area contributed by atoms with Crippen LogP contribution >= 0.6 is 0 Å². The topological polar surface area (TPSA) is 105 Å². The van der Waals surface area contributed by atoms with Gasteiger partial charge in [0.05, 0.1) is 18.0 Å². The minimum Gasteiger partial charge on any atom is -0.465 e. The van der Waals surface area contributed by atoms with Crippen molar-refractivity contribution in [3.8, 4) is 22.6 Å². The average Bonchev–Trinajstić information content (AvgIpc) is 3.18. The number of nitrogens with zero attached hydrogens (tertiary/aromatic N) is 3. The van der Waals surface area contributed by atoms with Gasteiger partial charge in [-0.3, -0.25) is 9.59 Å². The van der Waals surface area contributed by atoms with Gasteiger partial charge in [-0.05, 0) is 45.0 Å². The summed E-state index contributed by atoms with van der Waals surface area (Å²) in [5.41, 5.74) is 3.54. The molecule has 3 rings (SSSR count). The first-order chi connectivity index (χ1) is 15.8. The van der Waals surface area contributed by atoms with E-state index in [1.54, 1.807) is 43.1 Å². The van der Waals surface area contributed by atoms with Crippen LogP contribution < -0.4 is 10.1 Å². The molecule has 0 atom stereocenters. The summed E-state index contributed by atoms with van der Waals surface area (Å²) in [7, 11) is 1.46. The Morgan fingerprint density at radius 3 is 2.55 bits per heavy atom. The molecule has 0 unspecified atom stereocenters. The molecule has 0 saturated carbocycles. The lowest BCUT2D eigenvalue weighted by atomic mass is 10.0. The van der Waals surface area contributed by atoms with Crippen molar-refractivity contribution >= 4 is 11.9 Å². The lowest BCUT2D eigenvalue weighted by Crippen LogP contribution is -2.31. The van der Waals surface area contributed by atoms with Crippen LogP contribution in [-0.2, 0) is 14.3 Å². The number of carbonyl (C=O) groups is 2. The van der Waals surface area contributed by atoms with Gasteiger partial charge in [-0.25, -0.2) is 14.1 Å². The predicted molar refractivity (Wildman–Crippen MR) is 118 cm³/mol. The molecule has 0 spiro atoms. The summed E-state index contributed by atoms with van der Waals surface area (Å²) in [5, 5.41) is 7.00. The number of amides is 1. The van der Waals surface area contributed by atoms with Crippen molar-refractivity contribution < 1.29 is 28.2 Å². The number of hydrogen-bond acceptors (Lipinski definition) is 7. The number of hydrogen-bond donors (Lipinski definition) is 1. The zero-order valence-electron chi connectivity index (χ0n) is 18.8. The molecule has 1 amide bonds. The highest BCUT2D eigenvalue weighted by Crippen LogP contribution is 2.33. The molecule has 33 heavy (non-hydrogen) atoms. The fraction of sp³-hybridized carbons (Fsp3) is 0.304. The highest BCUT2D eigenvalue weighted by Gasteiger charge is 2.22. The standard InChI is InChI=1S/C23H25FN4O5/c1-5-32-20(29)11-26-23(30)21-22(33-13-31-4)14(2)18(10-25-21)19-12-28(27-15(19)3)17-8-6-16(24)7-9-17/h6-10,12H,5,11,13H2,1-4H3,(H,26,30). The summed E-state index contributed by atoms with van der Waals surface area (Å²) >= 11 is 0. The number of nitrogens with one attached hydrogen (secondary N) is 1. The molecule has 2 heterocycles. The first-order valence-electron chi connectivity index (χ1n) is 10.2. The van der Waals surface area contributed by atoms with Crippen molar-refractivity contribution in [1.82, 2.24) is 20.1 Å². The zero-order chi connectivity index (χ0) is 24.0. The Balaban J connectivity index is 1.96. The Morgan fingerprint density at radius 2 is 1.88 bits per heavy atom. The lowest BCUT2D eigenvalue weighted by molar-refractivity contribution is -0.141. The van der Waals surface area contributed by atoms with Crippen molar-refractivity contribution in [1.29, 1.82) is 0 Å². The maximum Gasteiger partial charge on any atom is 0.325 e. The number of aryl methyl sites for hydroxylation is 1. The van der Waals surface area contributed by atoms with Crippen molar-refractivity contribution in [3.05, 3.63) is 59.4 Å². The maximum atomic E-state index is 13.3. The van der Waals surface area contributed by atoms with Crippen LogP contribution in [0.3, 0.4) is 0 Å². The van der Waals surface area contributed by atoms with Crippen molar-refractivity contribution in [3.63, 3.8) is 0 Å². The zero-order valence-corrected chi connectivity index (χ0v) is 18.8. The number of carbonyl (C=O) groups excluding carboxylic acids is 2. The number of methoxy groups -OCH3 is 1. The molecular formula is C23H25FN4O5. The minimum atomic E-state index is -0.581. The van der Waals surface area contributed by atoms with Crippen molar-refractivity contribution in [2.24, 2.45) is 0 Å². The van der Waals surface area contributed by atoms with Gasteiger partial charge in [0.1, 0.15) is 12.4 Å². The van der Waals surface area contributed by atoms with E-state index in [0.717, 1.165) is 5.56 Å². The van der Waals surface area contributed by atoms with Gasteiger partial charge in [-0.2, -0.15) is 5.10 Å². The van der Waals surface area contributed by atoms with Gasteiger partial charge in [0.2, 0.25) is 0 Å². The van der Waals surface area contributed by atoms with E-state index in [4.69, 9.17) is 14.2 Å². The molecule has 174 valence electrons. The molecule has 9 nitrogen and oxygen atoms in total. The van der Waals surface area contributed by atoms with E-state index in [0.29, 0.717) is 22.5 Å². The summed E-state index contributed by atoms with van der Waals surface area (Å²) < 4.78 is 30.4. The van der Waals surface area contributed by atoms with E-state index in [1.165, 1.54) is 19.2 Å². The smallest absolute Gasteiger partial charge is 0.325 e. The number of rotatable bonds is 9. The Morgan fingerprint density at radius 1 is 1.15 bits per heavy atom. The van der Waals surface area contributed by atoms with E-state index in [-0.39, 0.29) is 37.2 Å². The molecule has 0 aliphatic carbocycles. The summed E-state index contributed by atoms with van der Waals surface area (Å²) in [4.78, 5) is 28.5. The second-order valence-electron chi connectivity index (χ2n) is 7.06. The van der Waals surface area contributed by atoms with Crippen LogP contribution in [0.2, 0.25) is 0 Å². The number of pyridine rings is 1. The molecular weight excluding hydrogens is 431 g/mol. The molecule has 0 bridgehead atoms. The van der Waals surface area contributed by atoms with E-state index < -0.39 is 11.9 Å². The molecule has 3 aromatic rings. The number of ether oxygens (including phenoxy) is 3. The monoisotopic (exact) mass is 456 g/mol. The van der Waals surface area contributed by atoms with Crippen LogP contribution in [0.15, 0.2) is 36.7 Å². The van der Waals surface area contributed by atoms with Gasteiger partial charge in [-0.1, -0.05) is 0 Å². The quantitative estimate of drug-likeness (QED) is 0.390. The molecule has 0 fully saturated rings. The first kappa shape index (κ1) is 23.9. The second-order valence-corrected chi connectivity index (χ2v) is 7.06. The molecule has 0 saturated heterocycles. The highest BCUT2D eigenvalue weighted by atomic mass is 19.1. The van der Waals surface area contributed by atoms with Crippen LogP contribution in [-0.4, -0.2) is 53.7 Å². The van der Waals surface area contributed by atoms with Gasteiger partial charge in [-0.15, -0.1) is 0 Å². The molecule has 1 aromatic carbocycles. The van der Waals surface area contributed by atoms with Gasteiger partial charge in [0, 0.05) is 36.2 Å². The molecule has 0 radical (unpaired) electrons. The Bertz CT molecular complexity index is 1140. The maximum absolute atomic E-state index is 13.3. The largest absolute Gasteiger partial charge is 0.465 e. The summed E-state index contributed by atoms with van der Waals surface area (Å²) in [5.74, 6) is -1.24. The molecule has 0 aliphatic heterocycles. The summed E-state index contributed by atoms with van der Waals surface area (Å²) in [6, 6.07) is 5.97. The molecule has 10 heteroatoms. The number of halogens is 1. The Labute approximate surface area is 190 Å². The average molecular weight is 456 g/mol. The Hall–Kier alpha value is -3.79. The number of aromatic nitrogens is 3. The number of esters is 1. The molecule has 2 aromatic heterocycles. The van der Waals surface area contributed by atoms with Gasteiger partial charge < -0.3 is 19.5 Å². The van der Waals surface area contributed by atoms with Crippen LogP contribution in [0.25, 0.3) is 16.8 Å². The highest BCUT2D eigenvalue weighted by molar-refractivity contribution is 5.97. The third-order valence-corrected chi connectivity index (χ3v) is 4.80. The van der Waals surface area contributed by atoms with Crippen molar-refractivity contribution in [2.75, 3.05) is 27.1 Å². The predicted octanol–water partition coefficient (Wildman–Crippen LogP) is 2.97. The van der Waals surface area contributed by atoms with Gasteiger partial charge >= 0.3 is 5.97 Å². The number of benzene rings is 1. The van der Waals surface area contributed by atoms with Crippen LogP contribution in [0.4, 0.5) is 4.39 Å². The minimum absolute atomic E-state index is 0.0150.